The Bertz CT molecular complexity index is 1020. The summed E-state index contributed by atoms with van der Waals surface area (Å²) in [7, 11) is 0. The smallest absolute Gasteiger partial charge is 0.347 e. The van der Waals surface area contributed by atoms with Gasteiger partial charge >= 0.3 is 5.63 Å². The second-order valence-corrected chi connectivity index (χ2v) is 8.19. The molecule has 0 radical (unpaired) electrons. The van der Waals surface area contributed by atoms with E-state index in [1.165, 1.54) is 0 Å². The molecule has 1 N–H and O–H groups in total. The van der Waals surface area contributed by atoms with Gasteiger partial charge in [-0.05, 0) is 55.7 Å². The quantitative estimate of drug-likeness (QED) is 0.539. The fourth-order valence-electron chi connectivity index (χ4n) is 3.28. The number of benzene rings is 2. The van der Waals surface area contributed by atoms with Gasteiger partial charge in [-0.1, -0.05) is 35.4 Å². The Morgan fingerprint density at radius 2 is 1.74 bits per heavy atom. The molecule has 0 amide bonds. The largest absolute Gasteiger partial charge is 0.507 e. The monoisotopic (exact) mass is 400 g/mol. The molecule has 27 heavy (non-hydrogen) atoms. The van der Waals surface area contributed by atoms with Crippen LogP contribution in [0.3, 0.4) is 0 Å². The van der Waals surface area contributed by atoms with Gasteiger partial charge in [-0.25, -0.2) is 4.79 Å². The topological polar surface area (TPSA) is 50.4 Å². The molecule has 0 aliphatic carbocycles. The summed E-state index contributed by atoms with van der Waals surface area (Å²) in [5.41, 5.74) is 3.47. The third-order valence-electron chi connectivity index (χ3n) is 4.32. The van der Waals surface area contributed by atoms with Crippen molar-refractivity contribution in [1.82, 2.24) is 0 Å². The molecule has 0 saturated heterocycles. The molecule has 140 valence electrons. The van der Waals surface area contributed by atoms with E-state index in [0.29, 0.717) is 23.0 Å². The van der Waals surface area contributed by atoms with Crippen LogP contribution in [0.15, 0.2) is 56.6 Å². The summed E-state index contributed by atoms with van der Waals surface area (Å²) in [4.78, 5) is 13.6. The van der Waals surface area contributed by atoms with Crippen molar-refractivity contribution in [3.63, 3.8) is 0 Å². The number of halogens is 1. The second-order valence-electron chi connectivity index (χ2n) is 6.59. The molecule has 0 aliphatic heterocycles. The Morgan fingerprint density at radius 1 is 1.04 bits per heavy atom. The Kier molecular flexibility index (Phi) is 5.98. The first-order valence-corrected chi connectivity index (χ1v) is 10.0. The molecule has 0 bridgehead atoms. The van der Waals surface area contributed by atoms with Crippen LogP contribution >= 0.6 is 23.4 Å². The predicted octanol–water partition coefficient (Wildman–Crippen LogP) is 5.93. The van der Waals surface area contributed by atoms with E-state index in [4.69, 9.17) is 16.0 Å². The van der Waals surface area contributed by atoms with E-state index >= 15 is 0 Å². The first-order chi connectivity index (χ1) is 12.8. The molecule has 0 unspecified atom stereocenters. The van der Waals surface area contributed by atoms with Gasteiger partial charge in [0.2, 0.25) is 0 Å². The molecule has 3 aromatic rings. The lowest BCUT2D eigenvalue weighted by Crippen LogP contribution is -2.08. The van der Waals surface area contributed by atoms with Crippen molar-refractivity contribution in [2.24, 2.45) is 0 Å². The summed E-state index contributed by atoms with van der Waals surface area (Å²) in [5, 5.41) is 11.2. The van der Waals surface area contributed by atoms with Crippen LogP contribution in [0.1, 0.15) is 22.5 Å². The maximum absolute atomic E-state index is 12.6. The molecule has 0 atom stereocenters. The summed E-state index contributed by atoms with van der Waals surface area (Å²) >= 11 is 7.61. The first kappa shape index (κ1) is 19.6. The van der Waals surface area contributed by atoms with Gasteiger partial charge < -0.3 is 9.52 Å². The van der Waals surface area contributed by atoms with Gasteiger partial charge in [-0.15, -0.1) is 11.8 Å². The number of hydrogen-bond donors (Lipinski definition) is 1. The minimum absolute atomic E-state index is 0.0379. The van der Waals surface area contributed by atoms with Crippen LogP contribution in [0.5, 0.6) is 5.75 Å². The summed E-state index contributed by atoms with van der Waals surface area (Å²) in [6.45, 7) is 5.88. The number of aromatic hydroxyl groups is 1. The zero-order valence-corrected chi connectivity index (χ0v) is 17.1. The molecular weight excluding hydrogens is 380 g/mol. The molecule has 1 aromatic heterocycles. The fourth-order valence-corrected chi connectivity index (χ4v) is 4.46. The lowest BCUT2D eigenvalue weighted by atomic mass is 9.94. The van der Waals surface area contributed by atoms with Gasteiger partial charge in [0.15, 0.2) is 0 Å². The molecular formula is C22H21ClO3S. The molecule has 3 nitrogen and oxygen atoms in total. The van der Waals surface area contributed by atoms with Crippen LogP contribution in [0.4, 0.5) is 0 Å². The zero-order valence-electron chi connectivity index (χ0n) is 15.5. The highest BCUT2D eigenvalue weighted by atomic mass is 35.5. The highest BCUT2D eigenvalue weighted by Gasteiger charge is 2.17. The highest BCUT2D eigenvalue weighted by molar-refractivity contribution is 7.99. The first-order valence-electron chi connectivity index (χ1n) is 8.67. The van der Waals surface area contributed by atoms with Gasteiger partial charge in [0, 0.05) is 28.2 Å². The van der Waals surface area contributed by atoms with E-state index in [9.17, 15) is 9.90 Å². The summed E-state index contributed by atoms with van der Waals surface area (Å²) in [5.74, 6) is 1.15. The normalized spacial score (nSPS) is 11.0. The molecule has 0 aliphatic rings. The van der Waals surface area contributed by atoms with E-state index in [0.717, 1.165) is 27.1 Å². The minimum Gasteiger partial charge on any atom is -0.507 e. The van der Waals surface area contributed by atoms with Crippen molar-refractivity contribution in [2.75, 3.05) is 5.75 Å². The van der Waals surface area contributed by atoms with Crippen LogP contribution in [0.25, 0.3) is 11.1 Å². The lowest BCUT2D eigenvalue weighted by Gasteiger charge is -2.12. The van der Waals surface area contributed by atoms with Crippen LogP contribution in [0, 0.1) is 20.8 Å². The highest BCUT2D eigenvalue weighted by Crippen LogP contribution is 2.33. The maximum Gasteiger partial charge on any atom is 0.347 e. The van der Waals surface area contributed by atoms with Crippen molar-refractivity contribution in [3.8, 4) is 16.9 Å². The molecule has 0 fully saturated rings. The number of thioether (sulfide) groups is 1. The van der Waals surface area contributed by atoms with E-state index < -0.39 is 5.63 Å². The number of hydrogen-bond acceptors (Lipinski definition) is 4. The Labute approximate surface area is 168 Å². The van der Waals surface area contributed by atoms with Crippen molar-refractivity contribution >= 4 is 23.4 Å². The van der Waals surface area contributed by atoms with Gasteiger partial charge in [0.25, 0.3) is 0 Å². The van der Waals surface area contributed by atoms with Gasteiger partial charge in [0.1, 0.15) is 17.1 Å². The lowest BCUT2D eigenvalue weighted by molar-refractivity contribution is 0.430. The van der Waals surface area contributed by atoms with E-state index in [1.54, 1.807) is 17.8 Å². The van der Waals surface area contributed by atoms with Crippen LogP contribution in [-0.4, -0.2) is 10.9 Å². The van der Waals surface area contributed by atoms with Crippen molar-refractivity contribution in [1.29, 1.82) is 0 Å². The number of rotatable bonds is 5. The Morgan fingerprint density at radius 3 is 2.37 bits per heavy atom. The van der Waals surface area contributed by atoms with E-state index in [-0.39, 0.29) is 11.3 Å². The minimum atomic E-state index is -0.507. The Hall–Kier alpha value is -2.17. The molecule has 0 spiro atoms. The third-order valence-corrected chi connectivity index (χ3v) is 5.55. The average Bonchev–Trinajstić information content (AvgIpc) is 2.56. The summed E-state index contributed by atoms with van der Waals surface area (Å²) in [6, 6.07) is 13.2. The van der Waals surface area contributed by atoms with Gasteiger partial charge in [-0.2, -0.15) is 0 Å². The standard InChI is InChI=1S/C22H21ClO3S/c1-13-9-14(2)20(15(3)10-13)21-19(24)12-17(26-22(21)25)7-8-27-18-6-4-5-16(23)11-18/h4-6,9-12,24H,7-8H2,1-3H3. The average molecular weight is 401 g/mol. The summed E-state index contributed by atoms with van der Waals surface area (Å²) in [6.07, 6.45) is 0.534. The zero-order chi connectivity index (χ0) is 19.6. The predicted molar refractivity (Wildman–Crippen MR) is 112 cm³/mol. The Balaban J connectivity index is 1.82. The van der Waals surface area contributed by atoms with Gasteiger partial charge in [0.05, 0.1) is 0 Å². The molecule has 3 rings (SSSR count). The maximum atomic E-state index is 12.6. The van der Waals surface area contributed by atoms with Crippen molar-refractivity contribution in [3.05, 3.63) is 80.4 Å². The summed E-state index contributed by atoms with van der Waals surface area (Å²) < 4.78 is 5.49. The molecule has 5 heteroatoms. The third kappa shape index (κ3) is 4.57. The van der Waals surface area contributed by atoms with Crippen molar-refractivity contribution < 1.29 is 9.52 Å². The van der Waals surface area contributed by atoms with Crippen LogP contribution < -0.4 is 5.63 Å². The van der Waals surface area contributed by atoms with Crippen molar-refractivity contribution in [2.45, 2.75) is 32.1 Å². The van der Waals surface area contributed by atoms with Gasteiger partial charge in [-0.3, -0.25) is 0 Å². The second kappa shape index (κ2) is 8.24. The SMILES string of the molecule is Cc1cc(C)c(-c2c(O)cc(CCSc3cccc(Cl)c3)oc2=O)c(C)c1. The molecule has 0 saturated carbocycles. The van der Waals surface area contributed by atoms with Crippen LogP contribution in [-0.2, 0) is 6.42 Å². The number of aryl methyl sites for hydroxylation is 4. The fraction of sp³-hybridized carbons (Fsp3) is 0.227. The molecule has 2 aromatic carbocycles. The van der Waals surface area contributed by atoms with E-state index in [2.05, 4.69) is 0 Å². The van der Waals surface area contributed by atoms with Crippen LogP contribution in [0.2, 0.25) is 5.02 Å². The van der Waals surface area contributed by atoms with E-state index in [1.807, 2.05) is 57.2 Å². The molecule has 1 heterocycles.